The van der Waals surface area contributed by atoms with E-state index in [1.165, 1.54) is 0 Å². The molecule has 0 bridgehead atoms. The van der Waals surface area contributed by atoms with Crippen molar-refractivity contribution in [3.63, 3.8) is 0 Å². The molecular weight excluding hydrogens is 324 g/mol. The zero-order valence-electron chi connectivity index (χ0n) is 14.9. The van der Waals surface area contributed by atoms with E-state index in [1.807, 2.05) is 44.2 Å². The first-order chi connectivity index (χ1) is 11.7. The van der Waals surface area contributed by atoms with Crippen LogP contribution in [0.15, 0.2) is 30.3 Å². The zero-order valence-corrected chi connectivity index (χ0v) is 14.9. The molecule has 1 fully saturated rings. The van der Waals surface area contributed by atoms with E-state index in [0.29, 0.717) is 0 Å². The van der Waals surface area contributed by atoms with E-state index in [0.717, 1.165) is 10.5 Å². The smallest absolute Gasteiger partial charge is 0.417 e. The standard InChI is InChI=1S/C18H24N2O5/c1-11(2)13-10-25-17(24)20(13)15(21)14(19-16(22)23)18(3,4)12-8-6-5-7-9-12/h5-9,11,13-14,19H,10H2,1-4H3,(H,22,23)/t13-,14?/m1/s1. The third-order valence-corrected chi connectivity index (χ3v) is 4.67. The molecule has 0 aromatic heterocycles. The fourth-order valence-electron chi connectivity index (χ4n) is 3.03. The van der Waals surface area contributed by atoms with Crippen LogP contribution in [0.2, 0.25) is 0 Å². The average Bonchev–Trinajstić information content (AvgIpc) is 2.94. The fraction of sp³-hybridized carbons (Fsp3) is 0.500. The van der Waals surface area contributed by atoms with Gasteiger partial charge in [-0.15, -0.1) is 0 Å². The molecule has 3 amide bonds. The van der Waals surface area contributed by atoms with E-state index in [-0.39, 0.29) is 12.5 Å². The van der Waals surface area contributed by atoms with Crippen LogP contribution in [0.3, 0.4) is 0 Å². The van der Waals surface area contributed by atoms with Gasteiger partial charge in [-0.2, -0.15) is 0 Å². The number of cyclic esters (lactones) is 1. The third-order valence-electron chi connectivity index (χ3n) is 4.67. The van der Waals surface area contributed by atoms with Gasteiger partial charge in [0, 0.05) is 5.41 Å². The number of amides is 3. The number of hydrogen-bond donors (Lipinski definition) is 2. The lowest BCUT2D eigenvalue weighted by Crippen LogP contribution is -2.59. The summed E-state index contributed by atoms with van der Waals surface area (Å²) in [6, 6.07) is 7.59. The summed E-state index contributed by atoms with van der Waals surface area (Å²) in [6.45, 7) is 7.43. The van der Waals surface area contributed by atoms with Crippen molar-refractivity contribution in [2.45, 2.75) is 45.2 Å². The van der Waals surface area contributed by atoms with Crippen LogP contribution in [0.25, 0.3) is 0 Å². The lowest BCUT2D eigenvalue weighted by atomic mass is 9.77. The number of hydrogen-bond acceptors (Lipinski definition) is 4. The van der Waals surface area contributed by atoms with E-state index >= 15 is 0 Å². The summed E-state index contributed by atoms with van der Waals surface area (Å²) < 4.78 is 5.03. The van der Waals surface area contributed by atoms with Gasteiger partial charge in [-0.25, -0.2) is 14.5 Å². The maximum atomic E-state index is 13.1. The molecule has 1 aliphatic rings. The number of nitrogens with one attached hydrogen (secondary N) is 1. The van der Waals surface area contributed by atoms with E-state index < -0.39 is 35.6 Å². The largest absolute Gasteiger partial charge is 0.465 e. The zero-order chi connectivity index (χ0) is 18.8. The van der Waals surface area contributed by atoms with Crippen molar-refractivity contribution >= 4 is 18.1 Å². The molecule has 1 aromatic rings. The van der Waals surface area contributed by atoms with Crippen molar-refractivity contribution in [3.8, 4) is 0 Å². The maximum Gasteiger partial charge on any atom is 0.417 e. The summed E-state index contributed by atoms with van der Waals surface area (Å²) in [6.07, 6.45) is -2.05. The minimum atomic E-state index is -1.32. The highest BCUT2D eigenvalue weighted by atomic mass is 16.6. The Morgan fingerprint density at radius 2 is 1.88 bits per heavy atom. The van der Waals surface area contributed by atoms with Gasteiger partial charge in [0.1, 0.15) is 12.6 Å². The highest BCUT2D eigenvalue weighted by Gasteiger charge is 2.47. The number of carbonyl (C=O) groups is 3. The Morgan fingerprint density at radius 3 is 2.40 bits per heavy atom. The predicted octanol–water partition coefficient (Wildman–Crippen LogP) is 2.60. The summed E-state index contributed by atoms with van der Waals surface area (Å²) in [7, 11) is 0. The summed E-state index contributed by atoms with van der Waals surface area (Å²) in [5.41, 5.74) is -0.0722. The normalized spacial score (nSPS) is 18.8. The topological polar surface area (TPSA) is 95.9 Å². The van der Waals surface area contributed by atoms with Crippen molar-refractivity contribution in [3.05, 3.63) is 35.9 Å². The second kappa shape index (κ2) is 7.13. The van der Waals surface area contributed by atoms with Crippen molar-refractivity contribution < 1.29 is 24.2 Å². The van der Waals surface area contributed by atoms with E-state index in [1.54, 1.807) is 13.8 Å². The molecule has 136 valence electrons. The van der Waals surface area contributed by atoms with Crippen LogP contribution >= 0.6 is 0 Å². The number of nitrogens with zero attached hydrogens (tertiary/aromatic N) is 1. The van der Waals surface area contributed by atoms with Crippen LogP contribution in [-0.4, -0.2) is 46.8 Å². The van der Waals surface area contributed by atoms with Crippen molar-refractivity contribution in [1.82, 2.24) is 10.2 Å². The first-order valence-electron chi connectivity index (χ1n) is 8.21. The Kier molecular flexibility index (Phi) is 5.35. The van der Waals surface area contributed by atoms with E-state index in [4.69, 9.17) is 4.74 Å². The lowest BCUT2D eigenvalue weighted by Gasteiger charge is -2.36. The molecule has 1 heterocycles. The summed E-state index contributed by atoms with van der Waals surface area (Å²) >= 11 is 0. The molecule has 1 aliphatic heterocycles. The molecule has 0 saturated carbocycles. The Bertz CT molecular complexity index is 657. The molecule has 0 spiro atoms. The molecule has 1 unspecified atom stereocenters. The van der Waals surface area contributed by atoms with Crippen molar-refractivity contribution in [2.75, 3.05) is 6.61 Å². The molecule has 2 rings (SSSR count). The van der Waals surface area contributed by atoms with E-state index in [9.17, 15) is 19.5 Å². The van der Waals surface area contributed by atoms with Gasteiger partial charge in [-0.05, 0) is 11.5 Å². The Balaban J connectivity index is 2.41. The van der Waals surface area contributed by atoms with Crippen LogP contribution in [0, 0.1) is 5.92 Å². The molecule has 1 saturated heterocycles. The molecule has 0 radical (unpaired) electrons. The Labute approximate surface area is 147 Å². The van der Waals surface area contributed by atoms with Crippen LogP contribution in [0.1, 0.15) is 33.3 Å². The minimum Gasteiger partial charge on any atom is -0.465 e. The van der Waals surface area contributed by atoms with Gasteiger partial charge in [0.25, 0.3) is 5.91 Å². The van der Waals surface area contributed by atoms with Crippen molar-refractivity contribution in [2.24, 2.45) is 5.92 Å². The monoisotopic (exact) mass is 348 g/mol. The number of ether oxygens (including phenoxy) is 1. The molecule has 2 atom stereocenters. The van der Waals surface area contributed by atoms with Gasteiger partial charge in [0.15, 0.2) is 0 Å². The van der Waals surface area contributed by atoms with E-state index in [2.05, 4.69) is 5.32 Å². The molecule has 1 aromatic carbocycles. The number of carboxylic acid groups (broad SMARTS) is 1. The van der Waals surface area contributed by atoms with Crippen molar-refractivity contribution in [1.29, 1.82) is 0 Å². The quantitative estimate of drug-likeness (QED) is 0.853. The minimum absolute atomic E-state index is 0.000663. The third kappa shape index (κ3) is 3.75. The van der Waals surface area contributed by atoms with Crippen LogP contribution in [0.5, 0.6) is 0 Å². The molecule has 2 N–H and O–H groups in total. The second-order valence-electron chi connectivity index (χ2n) is 7.07. The highest BCUT2D eigenvalue weighted by Crippen LogP contribution is 2.30. The first kappa shape index (κ1) is 18.8. The highest BCUT2D eigenvalue weighted by molar-refractivity contribution is 5.98. The molecular formula is C18H24N2O5. The summed E-state index contributed by atoms with van der Waals surface area (Å²) in [5.74, 6) is -0.599. The van der Waals surface area contributed by atoms with Gasteiger partial charge in [-0.3, -0.25) is 4.79 Å². The summed E-state index contributed by atoms with van der Waals surface area (Å²) in [4.78, 5) is 37.6. The Hall–Kier alpha value is -2.57. The first-order valence-corrected chi connectivity index (χ1v) is 8.21. The number of benzene rings is 1. The Morgan fingerprint density at radius 1 is 1.28 bits per heavy atom. The number of carbonyl (C=O) groups excluding carboxylic acids is 2. The number of imide groups is 1. The van der Waals surface area contributed by atoms with Gasteiger partial charge >= 0.3 is 12.2 Å². The van der Waals surface area contributed by atoms with Gasteiger partial charge < -0.3 is 15.2 Å². The molecule has 25 heavy (non-hydrogen) atoms. The fourth-order valence-corrected chi connectivity index (χ4v) is 3.03. The van der Waals surface area contributed by atoms with Crippen LogP contribution in [0.4, 0.5) is 9.59 Å². The predicted molar refractivity (Wildman–Crippen MR) is 91.2 cm³/mol. The molecule has 0 aliphatic carbocycles. The average molecular weight is 348 g/mol. The molecule has 7 nitrogen and oxygen atoms in total. The SMILES string of the molecule is CC(C)[C@H]1COC(=O)N1C(=O)C(NC(=O)O)C(C)(C)c1ccccc1. The summed E-state index contributed by atoms with van der Waals surface area (Å²) in [5, 5.41) is 11.5. The van der Waals surface area contributed by atoms with Gasteiger partial charge in [-0.1, -0.05) is 58.0 Å². The number of rotatable bonds is 5. The van der Waals surface area contributed by atoms with Gasteiger partial charge in [0.05, 0.1) is 6.04 Å². The van der Waals surface area contributed by atoms with Crippen LogP contribution in [-0.2, 0) is 14.9 Å². The maximum absolute atomic E-state index is 13.1. The van der Waals surface area contributed by atoms with Gasteiger partial charge in [0.2, 0.25) is 0 Å². The second-order valence-corrected chi connectivity index (χ2v) is 7.07. The lowest BCUT2D eigenvalue weighted by molar-refractivity contribution is -0.133. The molecule has 7 heteroatoms. The van der Waals surface area contributed by atoms with Crippen LogP contribution < -0.4 is 5.32 Å².